The molecule has 0 fully saturated rings. The molecular formula is C17H13FN2O2. The Kier molecular flexibility index (Phi) is 3.47. The summed E-state index contributed by atoms with van der Waals surface area (Å²) in [7, 11) is 0. The van der Waals surface area contributed by atoms with Gasteiger partial charge in [0.1, 0.15) is 11.4 Å². The summed E-state index contributed by atoms with van der Waals surface area (Å²) in [5, 5.41) is 3.34. The van der Waals surface area contributed by atoms with E-state index in [9.17, 15) is 14.0 Å². The minimum Gasteiger partial charge on any atom is -0.322 e. The van der Waals surface area contributed by atoms with E-state index in [-0.39, 0.29) is 5.56 Å². The minimum atomic E-state index is -0.560. The molecule has 4 nitrogen and oxygen atoms in total. The first-order chi connectivity index (χ1) is 10.6. The smallest absolute Gasteiger partial charge is 0.261 e. The van der Waals surface area contributed by atoms with Gasteiger partial charge in [-0.3, -0.25) is 9.59 Å². The van der Waals surface area contributed by atoms with E-state index < -0.39 is 17.3 Å². The molecular weight excluding hydrogens is 283 g/mol. The molecule has 3 rings (SSSR count). The number of halogens is 1. The number of amides is 1. The first-order valence-electron chi connectivity index (χ1n) is 6.75. The van der Waals surface area contributed by atoms with Crippen LogP contribution in [0.2, 0.25) is 0 Å². The molecule has 0 atom stereocenters. The maximum Gasteiger partial charge on any atom is 0.261 e. The summed E-state index contributed by atoms with van der Waals surface area (Å²) in [6.07, 6.45) is 0. The van der Waals surface area contributed by atoms with Crippen molar-refractivity contribution in [3.63, 3.8) is 0 Å². The number of hydrogen-bond donors (Lipinski definition) is 2. The van der Waals surface area contributed by atoms with Crippen LogP contribution in [-0.4, -0.2) is 10.9 Å². The fourth-order valence-corrected chi connectivity index (χ4v) is 2.44. The summed E-state index contributed by atoms with van der Waals surface area (Å²) < 4.78 is 13.2. The fraction of sp³-hybridized carbons (Fsp3) is 0.0588. The van der Waals surface area contributed by atoms with Crippen molar-refractivity contribution in [2.45, 2.75) is 6.92 Å². The number of hydrogen-bond acceptors (Lipinski definition) is 2. The highest BCUT2D eigenvalue weighted by Crippen LogP contribution is 2.18. The second-order valence-electron chi connectivity index (χ2n) is 4.96. The molecule has 1 amide bonds. The van der Waals surface area contributed by atoms with Crippen molar-refractivity contribution < 1.29 is 9.18 Å². The van der Waals surface area contributed by atoms with Crippen LogP contribution in [0.5, 0.6) is 0 Å². The molecule has 1 aromatic heterocycles. The molecule has 3 aromatic rings. The lowest BCUT2D eigenvalue weighted by atomic mass is 10.0. The molecule has 0 spiro atoms. The number of aromatic nitrogens is 1. The summed E-state index contributed by atoms with van der Waals surface area (Å²) in [6, 6.07) is 12.8. The third kappa shape index (κ3) is 2.48. The molecule has 0 aliphatic carbocycles. The van der Waals surface area contributed by atoms with Crippen LogP contribution < -0.4 is 10.9 Å². The van der Waals surface area contributed by atoms with Crippen molar-refractivity contribution in [1.29, 1.82) is 0 Å². The number of nitrogens with one attached hydrogen (secondary N) is 2. The maximum absolute atomic E-state index is 13.2. The number of benzene rings is 2. The largest absolute Gasteiger partial charge is 0.322 e. The average Bonchev–Trinajstić information content (AvgIpc) is 2.47. The van der Waals surface area contributed by atoms with Gasteiger partial charge >= 0.3 is 0 Å². The number of carbonyl (C=O) groups excluding carboxylic acids is 1. The second kappa shape index (κ2) is 5.44. The van der Waals surface area contributed by atoms with Crippen LogP contribution in [-0.2, 0) is 0 Å². The van der Waals surface area contributed by atoms with Crippen molar-refractivity contribution in [3.05, 3.63) is 75.8 Å². The average molecular weight is 296 g/mol. The van der Waals surface area contributed by atoms with Gasteiger partial charge in [-0.15, -0.1) is 0 Å². The fourth-order valence-electron chi connectivity index (χ4n) is 2.44. The minimum absolute atomic E-state index is 0.0305. The van der Waals surface area contributed by atoms with E-state index in [0.29, 0.717) is 16.8 Å². The SMILES string of the molecule is Cc1c(C(=O)Nc2cccc(F)c2)c(=O)[nH]c2ccccc12. The Morgan fingerprint density at radius 2 is 1.91 bits per heavy atom. The standard InChI is InChI=1S/C17H13FN2O2/c1-10-13-7-2-3-8-14(13)20-17(22)15(10)16(21)19-12-6-4-5-11(18)9-12/h2-9H,1H3,(H,19,21)(H,20,22). The predicted octanol–water partition coefficient (Wildman–Crippen LogP) is 3.23. The lowest BCUT2D eigenvalue weighted by Gasteiger charge is -2.09. The van der Waals surface area contributed by atoms with Crippen molar-refractivity contribution in [2.75, 3.05) is 5.32 Å². The van der Waals surface area contributed by atoms with Crippen LogP contribution in [0.15, 0.2) is 53.3 Å². The van der Waals surface area contributed by atoms with E-state index in [1.165, 1.54) is 18.2 Å². The van der Waals surface area contributed by atoms with E-state index in [4.69, 9.17) is 0 Å². The Labute approximate surface area is 125 Å². The van der Waals surface area contributed by atoms with Gasteiger partial charge in [0.2, 0.25) is 0 Å². The molecule has 0 bridgehead atoms. The number of H-pyrrole nitrogens is 1. The highest BCUT2D eigenvalue weighted by atomic mass is 19.1. The van der Waals surface area contributed by atoms with E-state index in [0.717, 1.165) is 5.39 Å². The maximum atomic E-state index is 13.2. The zero-order chi connectivity index (χ0) is 15.7. The van der Waals surface area contributed by atoms with Crippen molar-refractivity contribution >= 4 is 22.5 Å². The summed E-state index contributed by atoms with van der Waals surface area (Å²) in [5.74, 6) is -1.02. The Balaban J connectivity index is 2.06. The molecule has 0 radical (unpaired) electrons. The van der Waals surface area contributed by atoms with Gasteiger partial charge in [0.05, 0.1) is 0 Å². The van der Waals surface area contributed by atoms with E-state index in [1.54, 1.807) is 19.1 Å². The van der Waals surface area contributed by atoms with Gasteiger partial charge in [0.15, 0.2) is 0 Å². The zero-order valence-electron chi connectivity index (χ0n) is 11.8. The first kappa shape index (κ1) is 14.0. The molecule has 2 N–H and O–H groups in total. The third-order valence-electron chi connectivity index (χ3n) is 3.49. The van der Waals surface area contributed by atoms with E-state index >= 15 is 0 Å². The quantitative estimate of drug-likeness (QED) is 0.762. The second-order valence-corrected chi connectivity index (χ2v) is 4.96. The lowest BCUT2D eigenvalue weighted by Crippen LogP contribution is -2.25. The van der Waals surface area contributed by atoms with Gasteiger partial charge in [-0.25, -0.2) is 4.39 Å². The van der Waals surface area contributed by atoms with Crippen LogP contribution in [0, 0.1) is 12.7 Å². The van der Waals surface area contributed by atoms with Crippen LogP contribution in [0.4, 0.5) is 10.1 Å². The number of pyridine rings is 1. The van der Waals surface area contributed by atoms with Gasteiger partial charge in [-0.05, 0) is 36.8 Å². The molecule has 0 aliphatic heterocycles. The van der Waals surface area contributed by atoms with Gasteiger partial charge < -0.3 is 10.3 Å². The van der Waals surface area contributed by atoms with Gasteiger partial charge in [0, 0.05) is 16.6 Å². The normalized spacial score (nSPS) is 10.6. The Morgan fingerprint density at radius 1 is 1.14 bits per heavy atom. The Hall–Kier alpha value is -2.95. The number of para-hydroxylation sites is 1. The van der Waals surface area contributed by atoms with Crippen LogP contribution in [0.25, 0.3) is 10.9 Å². The van der Waals surface area contributed by atoms with Crippen LogP contribution >= 0.6 is 0 Å². The zero-order valence-corrected chi connectivity index (χ0v) is 11.8. The summed E-state index contributed by atoms with van der Waals surface area (Å²) in [5.41, 5.74) is 1.13. The number of rotatable bonds is 2. The van der Waals surface area contributed by atoms with Crippen LogP contribution in [0.3, 0.4) is 0 Å². The number of carbonyl (C=O) groups is 1. The highest BCUT2D eigenvalue weighted by molar-refractivity contribution is 6.07. The molecule has 2 aromatic carbocycles. The number of aromatic amines is 1. The van der Waals surface area contributed by atoms with Crippen molar-refractivity contribution in [3.8, 4) is 0 Å². The van der Waals surface area contributed by atoms with E-state index in [1.807, 2.05) is 18.2 Å². The number of fused-ring (bicyclic) bond motifs is 1. The summed E-state index contributed by atoms with van der Waals surface area (Å²) in [4.78, 5) is 27.2. The topological polar surface area (TPSA) is 62.0 Å². The molecule has 22 heavy (non-hydrogen) atoms. The summed E-state index contributed by atoms with van der Waals surface area (Å²) in [6.45, 7) is 1.72. The lowest BCUT2D eigenvalue weighted by molar-refractivity contribution is 0.102. The summed E-state index contributed by atoms with van der Waals surface area (Å²) >= 11 is 0. The molecule has 0 unspecified atom stereocenters. The highest BCUT2D eigenvalue weighted by Gasteiger charge is 2.16. The van der Waals surface area contributed by atoms with Crippen molar-refractivity contribution in [2.24, 2.45) is 0 Å². The molecule has 0 saturated heterocycles. The monoisotopic (exact) mass is 296 g/mol. The van der Waals surface area contributed by atoms with Gasteiger partial charge in [0.25, 0.3) is 11.5 Å². The van der Waals surface area contributed by atoms with Gasteiger partial charge in [-0.2, -0.15) is 0 Å². The number of aryl methyl sites for hydroxylation is 1. The Bertz CT molecular complexity index is 931. The predicted molar refractivity (Wildman–Crippen MR) is 83.7 cm³/mol. The van der Waals surface area contributed by atoms with E-state index in [2.05, 4.69) is 10.3 Å². The molecule has 0 saturated carbocycles. The molecule has 5 heteroatoms. The van der Waals surface area contributed by atoms with Gasteiger partial charge in [-0.1, -0.05) is 24.3 Å². The molecule has 0 aliphatic rings. The third-order valence-corrected chi connectivity index (χ3v) is 3.49. The number of anilines is 1. The Morgan fingerprint density at radius 3 is 2.68 bits per heavy atom. The van der Waals surface area contributed by atoms with Crippen LogP contribution in [0.1, 0.15) is 15.9 Å². The van der Waals surface area contributed by atoms with Crippen molar-refractivity contribution in [1.82, 2.24) is 4.98 Å². The first-order valence-corrected chi connectivity index (χ1v) is 6.75. The molecule has 110 valence electrons. The molecule has 1 heterocycles.